The number of esters is 1. The molecule has 0 aliphatic carbocycles. The number of unbranched alkanes of at least 4 members (excludes halogenated alkanes) is 11. The molecule has 0 amide bonds. The van der Waals surface area contributed by atoms with E-state index in [1.807, 2.05) is 0 Å². The lowest BCUT2D eigenvalue weighted by Gasteiger charge is -2.15. The first kappa shape index (κ1) is 23.5. The van der Waals surface area contributed by atoms with Crippen molar-refractivity contribution in [2.45, 2.75) is 124 Å². The van der Waals surface area contributed by atoms with Crippen molar-refractivity contribution in [3.63, 3.8) is 0 Å². The van der Waals surface area contributed by atoms with Crippen molar-refractivity contribution < 1.29 is 9.53 Å². The van der Waals surface area contributed by atoms with E-state index >= 15 is 0 Å². The molecule has 0 N–H and O–H groups in total. The summed E-state index contributed by atoms with van der Waals surface area (Å²) in [6, 6.07) is 0. The van der Waals surface area contributed by atoms with Crippen LogP contribution >= 0.6 is 0 Å². The molecule has 24 heavy (non-hydrogen) atoms. The van der Waals surface area contributed by atoms with E-state index in [4.69, 9.17) is 4.74 Å². The zero-order valence-corrected chi connectivity index (χ0v) is 16.9. The summed E-state index contributed by atoms with van der Waals surface area (Å²) >= 11 is 0. The van der Waals surface area contributed by atoms with Crippen molar-refractivity contribution >= 4 is 5.97 Å². The zero-order valence-electron chi connectivity index (χ0n) is 16.9. The van der Waals surface area contributed by atoms with Crippen molar-refractivity contribution in [1.29, 1.82) is 0 Å². The van der Waals surface area contributed by atoms with Crippen molar-refractivity contribution in [3.05, 3.63) is 0 Å². The molecule has 2 nitrogen and oxygen atoms in total. The lowest BCUT2D eigenvalue weighted by Crippen LogP contribution is -2.18. The molecule has 0 fully saturated rings. The Bertz CT molecular complexity index is 263. The van der Waals surface area contributed by atoms with E-state index in [0.29, 0.717) is 6.61 Å². The van der Waals surface area contributed by atoms with Gasteiger partial charge < -0.3 is 4.74 Å². The van der Waals surface area contributed by atoms with Crippen molar-refractivity contribution in [2.24, 2.45) is 5.92 Å². The summed E-state index contributed by atoms with van der Waals surface area (Å²) in [5.41, 5.74) is 0. The molecule has 0 bridgehead atoms. The van der Waals surface area contributed by atoms with Crippen LogP contribution < -0.4 is 0 Å². The van der Waals surface area contributed by atoms with Crippen LogP contribution in [0, 0.1) is 5.92 Å². The molecule has 2 heteroatoms. The minimum absolute atomic E-state index is 0.0591. The van der Waals surface area contributed by atoms with Gasteiger partial charge in [0.15, 0.2) is 0 Å². The third kappa shape index (κ3) is 15.0. The van der Waals surface area contributed by atoms with Crippen LogP contribution in [0.4, 0.5) is 0 Å². The molecule has 1 unspecified atom stereocenters. The topological polar surface area (TPSA) is 26.3 Å². The number of rotatable bonds is 18. The van der Waals surface area contributed by atoms with Gasteiger partial charge in [-0.25, -0.2) is 0 Å². The summed E-state index contributed by atoms with van der Waals surface area (Å²) in [4.78, 5) is 12.2. The van der Waals surface area contributed by atoms with Crippen molar-refractivity contribution in [1.82, 2.24) is 0 Å². The van der Waals surface area contributed by atoms with E-state index in [0.717, 1.165) is 32.1 Å². The SMILES string of the molecule is CCCCCCCCCCCCOC(=O)C(CCC)CCCCC. The third-order valence-corrected chi connectivity index (χ3v) is 4.87. The fourth-order valence-electron chi connectivity index (χ4n) is 3.25. The van der Waals surface area contributed by atoms with E-state index in [9.17, 15) is 4.79 Å². The molecule has 0 aromatic carbocycles. The number of hydrogen-bond donors (Lipinski definition) is 0. The van der Waals surface area contributed by atoms with Crippen LogP contribution in [0.3, 0.4) is 0 Å². The largest absolute Gasteiger partial charge is 0.465 e. The molecule has 0 heterocycles. The summed E-state index contributed by atoms with van der Waals surface area (Å²) in [7, 11) is 0. The maximum Gasteiger partial charge on any atom is 0.308 e. The Kier molecular flexibility index (Phi) is 18.4. The Hall–Kier alpha value is -0.530. The first-order valence-electron chi connectivity index (χ1n) is 10.9. The van der Waals surface area contributed by atoms with Gasteiger partial charge in [0.1, 0.15) is 0 Å². The van der Waals surface area contributed by atoms with Crippen LogP contribution in [-0.2, 0) is 9.53 Å². The molecular formula is C22H44O2. The predicted molar refractivity (Wildman–Crippen MR) is 105 cm³/mol. The molecule has 0 aliphatic rings. The zero-order chi connectivity index (χ0) is 17.9. The maximum atomic E-state index is 12.2. The van der Waals surface area contributed by atoms with Gasteiger partial charge in [-0.3, -0.25) is 4.79 Å². The highest BCUT2D eigenvalue weighted by Gasteiger charge is 2.18. The quantitative estimate of drug-likeness (QED) is 0.191. The van der Waals surface area contributed by atoms with Gasteiger partial charge in [-0.2, -0.15) is 0 Å². The highest BCUT2D eigenvalue weighted by Crippen LogP contribution is 2.18. The fourth-order valence-corrected chi connectivity index (χ4v) is 3.25. The standard InChI is InChI=1S/C22H44O2/c1-4-7-9-10-11-12-13-14-15-17-20-24-22(23)21(18-6-3)19-16-8-5-2/h21H,4-20H2,1-3H3. The van der Waals surface area contributed by atoms with Crippen LogP contribution in [0.25, 0.3) is 0 Å². The summed E-state index contributed by atoms with van der Waals surface area (Å²) in [6.45, 7) is 7.26. The van der Waals surface area contributed by atoms with E-state index in [-0.39, 0.29) is 11.9 Å². The Morgan fingerprint density at radius 1 is 0.625 bits per heavy atom. The van der Waals surface area contributed by atoms with Crippen molar-refractivity contribution in [2.75, 3.05) is 6.61 Å². The van der Waals surface area contributed by atoms with E-state index in [1.165, 1.54) is 70.6 Å². The summed E-state index contributed by atoms with van der Waals surface area (Å²) in [5, 5.41) is 0. The molecule has 0 aliphatic heterocycles. The molecule has 0 radical (unpaired) electrons. The van der Waals surface area contributed by atoms with E-state index < -0.39 is 0 Å². The van der Waals surface area contributed by atoms with Crippen LogP contribution in [0.15, 0.2) is 0 Å². The average Bonchev–Trinajstić information content (AvgIpc) is 2.59. The molecule has 0 rings (SSSR count). The molecular weight excluding hydrogens is 296 g/mol. The van der Waals surface area contributed by atoms with Gasteiger partial charge in [0.25, 0.3) is 0 Å². The first-order chi connectivity index (χ1) is 11.8. The van der Waals surface area contributed by atoms with Gasteiger partial charge in [0.05, 0.1) is 12.5 Å². The van der Waals surface area contributed by atoms with Crippen molar-refractivity contribution in [3.8, 4) is 0 Å². The summed E-state index contributed by atoms with van der Waals surface area (Å²) in [6.07, 6.45) is 19.9. The monoisotopic (exact) mass is 340 g/mol. The fraction of sp³-hybridized carbons (Fsp3) is 0.955. The summed E-state index contributed by atoms with van der Waals surface area (Å²) in [5.74, 6) is 0.202. The molecule has 1 atom stereocenters. The minimum Gasteiger partial charge on any atom is -0.465 e. The predicted octanol–water partition coefficient (Wildman–Crippen LogP) is 7.45. The second kappa shape index (κ2) is 18.8. The lowest BCUT2D eigenvalue weighted by atomic mass is 9.97. The Morgan fingerprint density at radius 2 is 1.12 bits per heavy atom. The van der Waals surface area contributed by atoms with Gasteiger partial charge >= 0.3 is 5.97 Å². The van der Waals surface area contributed by atoms with Crippen LogP contribution in [-0.4, -0.2) is 12.6 Å². The average molecular weight is 341 g/mol. The highest BCUT2D eigenvalue weighted by molar-refractivity contribution is 5.72. The maximum absolute atomic E-state index is 12.2. The second-order valence-electron chi connectivity index (χ2n) is 7.33. The molecule has 0 spiro atoms. The van der Waals surface area contributed by atoms with E-state index in [1.54, 1.807) is 0 Å². The molecule has 0 aromatic rings. The van der Waals surface area contributed by atoms with E-state index in [2.05, 4.69) is 20.8 Å². The molecule has 0 saturated carbocycles. The normalized spacial score (nSPS) is 12.3. The Morgan fingerprint density at radius 3 is 1.67 bits per heavy atom. The van der Waals surface area contributed by atoms with Gasteiger partial charge in [-0.1, -0.05) is 104 Å². The lowest BCUT2D eigenvalue weighted by molar-refractivity contribution is -0.149. The first-order valence-corrected chi connectivity index (χ1v) is 10.9. The van der Waals surface area contributed by atoms with Crippen LogP contribution in [0.5, 0.6) is 0 Å². The van der Waals surface area contributed by atoms with Gasteiger partial charge in [-0.05, 0) is 19.3 Å². The molecule has 0 saturated heterocycles. The van der Waals surface area contributed by atoms with Gasteiger partial charge in [-0.15, -0.1) is 0 Å². The number of ether oxygens (including phenoxy) is 1. The Balaban J connectivity index is 3.51. The Labute approximate surface area is 152 Å². The third-order valence-electron chi connectivity index (χ3n) is 4.87. The van der Waals surface area contributed by atoms with Crippen LogP contribution in [0.2, 0.25) is 0 Å². The number of hydrogen-bond acceptors (Lipinski definition) is 2. The summed E-state index contributed by atoms with van der Waals surface area (Å²) < 4.78 is 5.52. The number of carbonyl (C=O) groups excluding carboxylic acids is 1. The second-order valence-corrected chi connectivity index (χ2v) is 7.33. The number of carbonyl (C=O) groups is 1. The molecule has 0 aromatic heterocycles. The smallest absolute Gasteiger partial charge is 0.308 e. The minimum atomic E-state index is 0.0591. The van der Waals surface area contributed by atoms with Crippen LogP contribution in [0.1, 0.15) is 124 Å². The van der Waals surface area contributed by atoms with Gasteiger partial charge in [0.2, 0.25) is 0 Å². The van der Waals surface area contributed by atoms with Gasteiger partial charge in [0, 0.05) is 0 Å². The molecule has 144 valence electrons. The highest BCUT2D eigenvalue weighted by atomic mass is 16.5.